The molecule has 0 spiro atoms. The van der Waals surface area contributed by atoms with Gasteiger partial charge in [0.15, 0.2) is 17.1 Å². The molecule has 0 bridgehead atoms. The van der Waals surface area contributed by atoms with Crippen molar-refractivity contribution < 1.29 is 13.9 Å². The van der Waals surface area contributed by atoms with Crippen LogP contribution in [0.1, 0.15) is 16.1 Å². The van der Waals surface area contributed by atoms with E-state index in [-0.39, 0.29) is 11.7 Å². The van der Waals surface area contributed by atoms with E-state index in [0.29, 0.717) is 22.0 Å². The fraction of sp³-hybridized carbons (Fsp3) is 0.118. The molecule has 0 saturated heterocycles. The summed E-state index contributed by atoms with van der Waals surface area (Å²) in [6.07, 6.45) is 0. The summed E-state index contributed by atoms with van der Waals surface area (Å²) in [4.78, 5) is 12.4. The molecule has 0 aliphatic rings. The summed E-state index contributed by atoms with van der Waals surface area (Å²) < 4.78 is 10.9. The SMILES string of the molecule is COc1cccc2cc(C(=O)Nc3cccc(Cl)c3C)oc12. The third-order valence-electron chi connectivity index (χ3n) is 3.47. The van der Waals surface area contributed by atoms with E-state index in [9.17, 15) is 4.79 Å². The van der Waals surface area contributed by atoms with E-state index >= 15 is 0 Å². The van der Waals surface area contributed by atoms with Crippen LogP contribution >= 0.6 is 11.6 Å². The van der Waals surface area contributed by atoms with Crippen molar-refractivity contribution in [2.24, 2.45) is 0 Å². The van der Waals surface area contributed by atoms with Gasteiger partial charge in [-0.25, -0.2) is 0 Å². The Balaban J connectivity index is 1.94. The molecule has 0 unspecified atom stereocenters. The van der Waals surface area contributed by atoms with E-state index in [4.69, 9.17) is 20.8 Å². The number of para-hydroxylation sites is 1. The predicted octanol–water partition coefficient (Wildman–Crippen LogP) is 4.66. The third kappa shape index (κ3) is 2.53. The predicted molar refractivity (Wildman–Crippen MR) is 86.9 cm³/mol. The number of carbonyl (C=O) groups excluding carboxylic acids is 1. The summed E-state index contributed by atoms with van der Waals surface area (Å²) >= 11 is 6.06. The molecule has 0 atom stereocenters. The van der Waals surface area contributed by atoms with Crippen LogP contribution in [0.2, 0.25) is 5.02 Å². The van der Waals surface area contributed by atoms with Gasteiger partial charge in [-0.2, -0.15) is 0 Å². The van der Waals surface area contributed by atoms with Gasteiger partial charge in [0.2, 0.25) is 0 Å². The lowest BCUT2D eigenvalue weighted by molar-refractivity contribution is 0.0998. The van der Waals surface area contributed by atoms with Crippen molar-refractivity contribution in [1.29, 1.82) is 0 Å². The minimum absolute atomic E-state index is 0.221. The molecule has 112 valence electrons. The molecule has 22 heavy (non-hydrogen) atoms. The summed E-state index contributed by atoms with van der Waals surface area (Å²) in [6, 6.07) is 12.5. The summed E-state index contributed by atoms with van der Waals surface area (Å²) in [5.74, 6) is 0.484. The van der Waals surface area contributed by atoms with Crippen molar-refractivity contribution in [2.45, 2.75) is 6.92 Å². The van der Waals surface area contributed by atoms with Crippen molar-refractivity contribution in [2.75, 3.05) is 12.4 Å². The highest BCUT2D eigenvalue weighted by atomic mass is 35.5. The van der Waals surface area contributed by atoms with Crippen LogP contribution in [-0.2, 0) is 0 Å². The normalized spacial score (nSPS) is 10.7. The van der Waals surface area contributed by atoms with Crippen LogP contribution in [0.15, 0.2) is 46.9 Å². The van der Waals surface area contributed by atoms with E-state index in [1.54, 1.807) is 37.4 Å². The number of benzene rings is 2. The van der Waals surface area contributed by atoms with Crippen LogP contribution in [0.4, 0.5) is 5.69 Å². The van der Waals surface area contributed by atoms with Crippen molar-refractivity contribution in [3.8, 4) is 5.75 Å². The highest BCUT2D eigenvalue weighted by molar-refractivity contribution is 6.31. The Hall–Kier alpha value is -2.46. The molecule has 0 radical (unpaired) electrons. The number of rotatable bonds is 3. The van der Waals surface area contributed by atoms with Crippen molar-refractivity contribution >= 4 is 34.2 Å². The van der Waals surface area contributed by atoms with E-state index < -0.39 is 0 Å². The van der Waals surface area contributed by atoms with E-state index in [0.717, 1.165) is 10.9 Å². The zero-order valence-corrected chi connectivity index (χ0v) is 12.9. The Morgan fingerprint density at radius 3 is 2.77 bits per heavy atom. The maximum Gasteiger partial charge on any atom is 0.291 e. The summed E-state index contributed by atoms with van der Waals surface area (Å²) in [5, 5.41) is 4.22. The van der Waals surface area contributed by atoms with Crippen molar-refractivity contribution in [3.05, 3.63) is 58.8 Å². The number of furan rings is 1. The van der Waals surface area contributed by atoms with Crippen LogP contribution < -0.4 is 10.1 Å². The average molecular weight is 316 g/mol. The highest BCUT2D eigenvalue weighted by Gasteiger charge is 2.16. The van der Waals surface area contributed by atoms with Crippen LogP contribution in [0.25, 0.3) is 11.0 Å². The molecule has 2 aromatic carbocycles. The molecular formula is C17H14ClNO3. The molecule has 3 rings (SSSR count). The Bertz CT molecular complexity index is 854. The van der Waals surface area contributed by atoms with Crippen LogP contribution in [0.3, 0.4) is 0 Å². The first-order chi connectivity index (χ1) is 10.6. The molecule has 5 heteroatoms. The first-order valence-electron chi connectivity index (χ1n) is 6.73. The second kappa shape index (κ2) is 5.73. The van der Waals surface area contributed by atoms with Gasteiger partial charge in [0.05, 0.1) is 7.11 Å². The molecule has 1 amide bonds. The zero-order valence-electron chi connectivity index (χ0n) is 12.1. The van der Waals surface area contributed by atoms with Gasteiger partial charge in [0.25, 0.3) is 5.91 Å². The monoisotopic (exact) mass is 315 g/mol. The summed E-state index contributed by atoms with van der Waals surface area (Å²) in [7, 11) is 1.56. The number of hydrogen-bond donors (Lipinski definition) is 1. The van der Waals surface area contributed by atoms with E-state index in [1.165, 1.54) is 0 Å². The topological polar surface area (TPSA) is 51.5 Å². The Labute approximate surface area is 132 Å². The number of fused-ring (bicyclic) bond motifs is 1. The van der Waals surface area contributed by atoms with Gasteiger partial charge < -0.3 is 14.5 Å². The fourth-order valence-corrected chi connectivity index (χ4v) is 2.41. The molecule has 0 aliphatic heterocycles. The number of nitrogens with one attached hydrogen (secondary N) is 1. The van der Waals surface area contributed by atoms with Crippen molar-refractivity contribution in [1.82, 2.24) is 0 Å². The van der Waals surface area contributed by atoms with Crippen LogP contribution in [-0.4, -0.2) is 13.0 Å². The summed E-state index contributed by atoms with van der Waals surface area (Å²) in [5.41, 5.74) is 2.02. The van der Waals surface area contributed by atoms with Crippen LogP contribution in [0.5, 0.6) is 5.75 Å². The number of hydrogen-bond acceptors (Lipinski definition) is 3. The van der Waals surface area contributed by atoms with Gasteiger partial charge in [-0.3, -0.25) is 4.79 Å². The molecule has 4 nitrogen and oxygen atoms in total. The van der Waals surface area contributed by atoms with Gasteiger partial charge in [0.1, 0.15) is 0 Å². The van der Waals surface area contributed by atoms with Gasteiger partial charge in [-0.15, -0.1) is 0 Å². The molecule has 1 N–H and O–H groups in total. The average Bonchev–Trinajstić information content (AvgIpc) is 2.96. The molecular weight excluding hydrogens is 302 g/mol. The molecule has 1 heterocycles. The van der Waals surface area contributed by atoms with Gasteiger partial charge in [-0.1, -0.05) is 29.8 Å². The third-order valence-corrected chi connectivity index (χ3v) is 3.88. The maximum absolute atomic E-state index is 12.4. The molecule has 0 aliphatic carbocycles. The molecule has 1 aromatic heterocycles. The second-order valence-corrected chi connectivity index (χ2v) is 5.26. The van der Waals surface area contributed by atoms with Gasteiger partial charge >= 0.3 is 0 Å². The van der Waals surface area contributed by atoms with Gasteiger partial charge in [-0.05, 0) is 36.8 Å². The smallest absolute Gasteiger partial charge is 0.291 e. The minimum Gasteiger partial charge on any atom is -0.493 e. The minimum atomic E-state index is -0.330. The Morgan fingerprint density at radius 2 is 2.00 bits per heavy atom. The summed E-state index contributed by atoms with van der Waals surface area (Å²) in [6.45, 7) is 1.85. The second-order valence-electron chi connectivity index (χ2n) is 4.86. The number of anilines is 1. The number of methoxy groups -OCH3 is 1. The quantitative estimate of drug-likeness (QED) is 0.765. The number of amides is 1. The van der Waals surface area contributed by atoms with E-state index in [1.807, 2.05) is 19.1 Å². The van der Waals surface area contributed by atoms with E-state index in [2.05, 4.69) is 5.32 Å². The largest absolute Gasteiger partial charge is 0.493 e. The first kappa shape index (κ1) is 14.5. The molecule has 3 aromatic rings. The Kier molecular flexibility index (Phi) is 3.77. The first-order valence-corrected chi connectivity index (χ1v) is 7.11. The lowest BCUT2D eigenvalue weighted by atomic mass is 10.2. The van der Waals surface area contributed by atoms with Crippen molar-refractivity contribution in [3.63, 3.8) is 0 Å². The number of halogens is 1. The lowest BCUT2D eigenvalue weighted by Crippen LogP contribution is -2.11. The van der Waals surface area contributed by atoms with Crippen LogP contribution in [0, 0.1) is 6.92 Å². The maximum atomic E-state index is 12.4. The number of ether oxygens (including phenoxy) is 1. The fourth-order valence-electron chi connectivity index (χ4n) is 2.24. The highest BCUT2D eigenvalue weighted by Crippen LogP contribution is 2.29. The number of carbonyl (C=O) groups is 1. The zero-order chi connectivity index (χ0) is 15.7. The Morgan fingerprint density at radius 1 is 1.23 bits per heavy atom. The molecule has 0 fully saturated rings. The standard InChI is InChI=1S/C17H14ClNO3/c1-10-12(18)6-4-7-13(10)19-17(20)15-9-11-5-3-8-14(21-2)16(11)22-15/h3-9H,1-2H3,(H,19,20). The lowest BCUT2D eigenvalue weighted by Gasteiger charge is -2.07. The molecule has 0 saturated carbocycles. The van der Waals surface area contributed by atoms with Gasteiger partial charge in [0, 0.05) is 16.1 Å².